The van der Waals surface area contributed by atoms with E-state index in [0.717, 1.165) is 12.8 Å². The molecule has 0 spiro atoms. The molecule has 7 nitrogen and oxygen atoms in total. The number of hydrogen-bond donors (Lipinski definition) is 2. The standard InChI is InChI=1S/C15H14N4O3/c20-15(21)13-14(18-19-17-13)22-12-7-8-16-11(9-12)6-5-10-3-1-2-4-10/h7-10H,1-4H2,(H,20,21)(H,17,18,19). The number of aromatic amines is 1. The van der Waals surface area contributed by atoms with Crippen LogP contribution in [0.15, 0.2) is 18.3 Å². The number of pyridine rings is 1. The van der Waals surface area contributed by atoms with E-state index < -0.39 is 5.97 Å². The van der Waals surface area contributed by atoms with Crippen LogP contribution < -0.4 is 4.74 Å². The van der Waals surface area contributed by atoms with Crippen molar-refractivity contribution in [2.24, 2.45) is 5.92 Å². The van der Waals surface area contributed by atoms with Gasteiger partial charge in [0.05, 0.1) is 0 Å². The highest BCUT2D eigenvalue weighted by Gasteiger charge is 2.16. The van der Waals surface area contributed by atoms with Crippen molar-refractivity contribution < 1.29 is 14.6 Å². The average Bonchev–Trinajstić information content (AvgIpc) is 3.16. The van der Waals surface area contributed by atoms with Crippen LogP contribution in [0.25, 0.3) is 0 Å². The normalized spacial score (nSPS) is 14.4. The zero-order chi connectivity index (χ0) is 15.4. The van der Waals surface area contributed by atoms with Gasteiger partial charge in [-0.15, -0.1) is 0 Å². The lowest BCUT2D eigenvalue weighted by Crippen LogP contribution is -2.00. The van der Waals surface area contributed by atoms with E-state index in [9.17, 15) is 4.79 Å². The fraction of sp³-hybridized carbons (Fsp3) is 0.333. The van der Waals surface area contributed by atoms with Crippen LogP contribution in [-0.2, 0) is 0 Å². The first-order chi connectivity index (χ1) is 10.7. The zero-order valence-corrected chi connectivity index (χ0v) is 11.7. The lowest BCUT2D eigenvalue weighted by atomic mass is 10.1. The van der Waals surface area contributed by atoms with Gasteiger partial charge in [0.2, 0.25) is 5.69 Å². The quantitative estimate of drug-likeness (QED) is 0.843. The summed E-state index contributed by atoms with van der Waals surface area (Å²) in [4.78, 5) is 15.1. The van der Waals surface area contributed by atoms with Crippen LogP contribution in [0, 0.1) is 17.8 Å². The van der Waals surface area contributed by atoms with Crippen molar-refractivity contribution in [3.05, 3.63) is 29.7 Å². The molecule has 0 saturated heterocycles. The molecular weight excluding hydrogens is 284 g/mol. The van der Waals surface area contributed by atoms with E-state index in [4.69, 9.17) is 9.84 Å². The topological polar surface area (TPSA) is 101 Å². The van der Waals surface area contributed by atoms with Gasteiger partial charge in [-0.1, -0.05) is 29.1 Å². The summed E-state index contributed by atoms with van der Waals surface area (Å²) in [5, 5.41) is 18.3. The smallest absolute Gasteiger partial charge is 0.359 e. The van der Waals surface area contributed by atoms with Gasteiger partial charge < -0.3 is 9.84 Å². The monoisotopic (exact) mass is 298 g/mol. The molecule has 1 saturated carbocycles. The SMILES string of the molecule is O=C(O)c1[nH]nnc1Oc1ccnc(C#CC2CCCC2)c1. The molecule has 0 atom stereocenters. The molecule has 7 heteroatoms. The zero-order valence-electron chi connectivity index (χ0n) is 11.7. The third-order valence-electron chi connectivity index (χ3n) is 3.44. The number of ether oxygens (including phenoxy) is 1. The fourth-order valence-electron chi connectivity index (χ4n) is 2.33. The van der Waals surface area contributed by atoms with E-state index >= 15 is 0 Å². The number of nitrogens with one attached hydrogen (secondary N) is 1. The maximum atomic E-state index is 11.0. The van der Waals surface area contributed by atoms with Crippen molar-refractivity contribution in [3.8, 4) is 23.5 Å². The Balaban J connectivity index is 1.76. The third kappa shape index (κ3) is 3.23. The molecule has 1 aliphatic rings. The van der Waals surface area contributed by atoms with Gasteiger partial charge in [0.15, 0.2) is 0 Å². The predicted molar refractivity (Wildman–Crippen MR) is 76.5 cm³/mol. The number of carboxylic acid groups (broad SMARTS) is 1. The molecule has 112 valence electrons. The number of carboxylic acids is 1. The number of aromatic nitrogens is 4. The van der Waals surface area contributed by atoms with Gasteiger partial charge in [0.1, 0.15) is 11.4 Å². The number of carbonyl (C=O) groups is 1. The lowest BCUT2D eigenvalue weighted by molar-refractivity contribution is 0.0687. The highest BCUT2D eigenvalue weighted by atomic mass is 16.5. The van der Waals surface area contributed by atoms with Gasteiger partial charge in [-0.3, -0.25) is 0 Å². The molecule has 3 rings (SSSR count). The van der Waals surface area contributed by atoms with Gasteiger partial charge >= 0.3 is 5.97 Å². The Morgan fingerprint density at radius 3 is 3.00 bits per heavy atom. The van der Waals surface area contributed by atoms with Gasteiger partial charge in [-0.05, 0) is 24.8 Å². The predicted octanol–water partition coefficient (Wildman–Crippen LogP) is 2.23. The Labute approximate surface area is 126 Å². The van der Waals surface area contributed by atoms with Crippen molar-refractivity contribution in [1.82, 2.24) is 20.4 Å². The first-order valence-electron chi connectivity index (χ1n) is 7.02. The van der Waals surface area contributed by atoms with Gasteiger partial charge in [-0.2, -0.15) is 0 Å². The maximum Gasteiger partial charge on any atom is 0.359 e. The highest BCUT2D eigenvalue weighted by molar-refractivity contribution is 5.87. The molecule has 1 fully saturated rings. The lowest BCUT2D eigenvalue weighted by Gasteiger charge is -2.02. The van der Waals surface area contributed by atoms with Crippen LogP contribution in [0.4, 0.5) is 0 Å². The van der Waals surface area contributed by atoms with Crippen molar-refractivity contribution in [3.63, 3.8) is 0 Å². The van der Waals surface area contributed by atoms with Crippen LogP contribution in [0.3, 0.4) is 0 Å². The maximum absolute atomic E-state index is 11.0. The number of hydrogen-bond acceptors (Lipinski definition) is 5. The number of aromatic carboxylic acids is 1. The van der Waals surface area contributed by atoms with Crippen LogP contribution in [-0.4, -0.2) is 31.5 Å². The van der Waals surface area contributed by atoms with Crippen molar-refractivity contribution in [2.45, 2.75) is 25.7 Å². The Morgan fingerprint density at radius 1 is 1.41 bits per heavy atom. The molecule has 0 bridgehead atoms. The van der Waals surface area contributed by atoms with E-state index in [2.05, 4.69) is 32.2 Å². The van der Waals surface area contributed by atoms with Crippen LogP contribution >= 0.6 is 0 Å². The molecule has 22 heavy (non-hydrogen) atoms. The summed E-state index contributed by atoms with van der Waals surface area (Å²) in [6, 6.07) is 3.27. The molecule has 0 aromatic carbocycles. The second kappa shape index (κ2) is 6.26. The van der Waals surface area contributed by atoms with Gasteiger partial charge in [0.25, 0.3) is 5.88 Å². The molecule has 2 aromatic heterocycles. The largest absolute Gasteiger partial charge is 0.476 e. The third-order valence-corrected chi connectivity index (χ3v) is 3.44. The van der Waals surface area contributed by atoms with Crippen molar-refractivity contribution in [1.29, 1.82) is 0 Å². The molecule has 0 unspecified atom stereocenters. The van der Waals surface area contributed by atoms with Gasteiger partial charge in [-0.25, -0.2) is 14.9 Å². The Kier molecular flexibility index (Phi) is 4.01. The molecule has 0 radical (unpaired) electrons. The molecular formula is C15H14N4O3. The summed E-state index contributed by atoms with van der Waals surface area (Å²) in [6.45, 7) is 0. The number of rotatable bonds is 3. The number of H-pyrrole nitrogens is 1. The minimum absolute atomic E-state index is 0.0894. The molecule has 0 aliphatic heterocycles. The highest BCUT2D eigenvalue weighted by Crippen LogP contribution is 2.24. The average molecular weight is 298 g/mol. The summed E-state index contributed by atoms with van der Waals surface area (Å²) in [6.07, 6.45) is 6.32. The minimum Gasteiger partial charge on any atom is -0.476 e. The van der Waals surface area contributed by atoms with Crippen LogP contribution in [0.5, 0.6) is 11.6 Å². The number of nitrogens with zero attached hydrogens (tertiary/aromatic N) is 3. The van der Waals surface area contributed by atoms with E-state index in [1.165, 1.54) is 12.8 Å². The summed E-state index contributed by atoms with van der Waals surface area (Å²) in [7, 11) is 0. The molecule has 1 aliphatic carbocycles. The van der Waals surface area contributed by atoms with E-state index in [-0.39, 0.29) is 11.6 Å². The molecule has 2 heterocycles. The second-order valence-electron chi connectivity index (χ2n) is 5.03. The van der Waals surface area contributed by atoms with E-state index in [1.54, 1.807) is 18.3 Å². The van der Waals surface area contributed by atoms with Crippen LogP contribution in [0.1, 0.15) is 41.9 Å². The van der Waals surface area contributed by atoms with Crippen LogP contribution in [0.2, 0.25) is 0 Å². The Morgan fingerprint density at radius 2 is 2.23 bits per heavy atom. The molecule has 0 amide bonds. The Bertz CT molecular complexity index is 738. The van der Waals surface area contributed by atoms with Crippen molar-refractivity contribution in [2.75, 3.05) is 0 Å². The summed E-state index contributed by atoms with van der Waals surface area (Å²) >= 11 is 0. The summed E-state index contributed by atoms with van der Waals surface area (Å²) < 4.78 is 5.43. The first kappa shape index (κ1) is 14.1. The van der Waals surface area contributed by atoms with E-state index in [0.29, 0.717) is 17.4 Å². The van der Waals surface area contributed by atoms with Crippen molar-refractivity contribution >= 4 is 5.97 Å². The van der Waals surface area contributed by atoms with E-state index in [1.807, 2.05) is 0 Å². The summed E-state index contributed by atoms with van der Waals surface area (Å²) in [5.41, 5.74) is 0.389. The second-order valence-corrected chi connectivity index (χ2v) is 5.03. The van der Waals surface area contributed by atoms with Gasteiger partial charge in [0, 0.05) is 18.2 Å². The molecule has 2 aromatic rings. The first-order valence-corrected chi connectivity index (χ1v) is 7.02. The summed E-state index contributed by atoms with van der Waals surface area (Å²) in [5.74, 6) is 5.85. The Hall–Kier alpha value is -2.88. The minimum atomic E-state index is -1.18. The fourth-order valence-corrected chi connectivity index (χ4v) is 2.33. The molecule has 2 N–H and O–H groups in total.